The number of anilines is 1. The average Bonchev–Trinajstić information content (AvgIpc) is 3.10. The maximum Gasteiger partial charge on any atom is 0.341 e. The first kappa shape index (κ1) is 21.8. The SMILES string of the molecule is CCOC(=O)C1=C(N)OC2=C(C(=O)C[C@@H](c3ccc(OC)cc3)C2)[C@@]12C(=O)Nc1ccccc12. The summed E-state index contributed by atoms with van der Waals surface area (Å²) in [6, 6.07) is 14.4. The van der Waals surface area contributed by atoms with Gasteiger partial charge >= 0.3 is 5.97 Å². The number of nitrogens with two attached hydrogens (primary N) is 1. The van der Waals surface area contributed by atoms with Crippen molar-refractivity contribution in [3.05, 3.63) is 82.4 Å². The van der Waals surface area contributed by atoms with Crippen LogP contribution in [-0.2, 0) is 29.3 Å². The summed E-state index contributed by atoms with van der Waals surface area (Å²) < 4.78 is 16.4. The van der Waals surface area contributed by atoms with Gasteiger partial charge in [0.2, 0.25) is 11.8 Å². The predicted molar refractivity (Wildman–Crippen MR) is 123 cm³/mol. The highest BCUT2D eigenvalue weighted by Crippen LogP contribution is 2.55. The van der Waals surface area contributed by atoms with E-state index in [1.54, 1.807) is 38.3 Å². The fourth-order valence-electron chi connectivity index (χ4n) is 5.21. The molecule has 0 saturated carbocycles. The lowest BCUT2D eigenvalue weighted by molar-refractivity contribution is -0.141. The van der Waals surface area contributed by atoms with Crippen LogP contribution < -0.4 is 15.8 Å². The van der Waals surface area contributed by atoms with Crippen LogP contribution in [0.1, 0.15) is 36.8 Å². The van der Waals surface area contributed by atoms with Crippen molar-refractivity contribution in [1.82, 2.24) is 0 Å². The van der Waals surface area contributed by atoms with E-state index in [2.05, 4.69) is 5.32 Å². The lowest BCUT2D eigenvalue weighted by atomic mass is 9.63. The number of allylic oxidation sites excluding steroid dienone is 1. The molecule has 1 spiro atoms. The first-order valence-corrected chi connectivity index (χ1v) is 11.1. The summed E-state index contributed by atoms with van der Waals surface area (Å²) in [4.78, 5) is 40.4. The molecule has 0 fully saturated rings. The summed E-state index contributed by atoms with van der Waals surface area (Å²) in [6.07, 6.45) is 0.503. The Labute approximate surface area is 196 Å². The topological polar surface area (TPSA) is 117 Å². The van der Waals surface area contributed by atoms with Crippen molar-refractivity contribution in [2.24, 2.45) is 5.73 Å². The number of hydrogen-bond acceptors (Lipinski definition) is 7. The highest BCUT2D eigenvalue weighted by molar-refractivity contribution is 6.22. The third kappa shape index (κ3) is 3.02. The summed E-state index contributed by atoms with van der Waals surface area (Å²) in [6.45, 7) is 1.73. The molecule has 8 nitrogen and oxygen atoms in total. The summed E-state index contributed by atoms with van der Waals surface area (Å²) in [5.74, 6) is -0.977. The summed E-state index contributed by atoms with van der Waals surface area (Å²) >= 11 is 0. The van der Waals surface area contributed by atoms with Gasteiger partial charge in [0.1, 0.15) is 22.5 Å². The van der Waals surface area contributed by atoms with Gasteiger partial charge in [-0.25, -0.2) is 4.79 Å². The molecule has 5 rings (SSSR count). The number of fused-ring (bicyclic) bond motifs is 3. The van der Waals surface area contributed by atoms with Crippen LogP contribution in [0, 0.1) is 0 Å². The van der Waals surface area contributed by atoms with Crippen molar-refractivity contribution >= 4 is 23.3 Å². The van der Waals surface area contributed by atoms with Crippen molar-refractivity contribution in [2.75, 3.05) is 19.0 Å². The molecule has 0 saturated heterocycles. The molecular formula is C26H24N2O6. The number of carbonyl (C=O) groups is 3. The molecule has 34 heavy (non-hydrogen) atoms. The van der Waals surface area contributed by atoms with Crippen molar-refractivity contribution in [1.29, 1.82) is 0 Å². The molecule has 0 unspecified atom stereocenters. The Bertz CT molecular complexity index is 1280. The molecule has 2 aliphatic heterocycles. The smallest absolute Gasteiger partial charge is 0.341 e. The Morgan fingerprint density at radius 2 is 1.88 bits per heavy atom. The molecule has 2 atom stereocenters. The predicted octanol–water partition coefficient (Wildman–Crippen LogP) is 3.05. The molecule has 3 N–H and O–H groups in total. The molecule has 174 valence electrons. The molecule has 8 heteroatoms. The number of nitrogens with one attached hydrogen (secondary N) is 1. The zero-order chi connectivity index (χ0) is 24.0. The van der Waals surface area contributed by atoms with Gasteiger partial charge in [0, 0.05) is 24.1 Å². The van der Waals surface area contributed by atoms with Gasteiger partial charge in [0.15, 0.2) is 5.78 Å². The number of Topliss-reactive ketones (excluding diaryl/α,β-unsaturated/α-hetero) is 1. The Morgan fingerprint density at radius 3 is 2.59 bits per heavy atom. The van der Waals surface area contributed by atoms with Crippen LogP contribution in [0.5, 0.6) is 5.75 Å². The van der Waals surface area contributed by atoms with Crippen molar-refractivity contribution in [3.63, 3.8) is 0 Å². The highest BCUT2D eigenvalue weighted by Gasteiger charge is 2.62. The van der Waals surface area contributed by atoms with Crippen LogP contribution in [0.25, 0.3) is 0 Å². The fraction of sp³-hybridized carbons (Fsp3) is 0.269. The van der Waals surface area contributed by atoms with Crippen LogP contribution in [0.3, 0.4) is 0 Å². The second-order valence-electron chi connectivity index (χ2n) is 8.41. The number of hydrogen-bond donors (Lipinski definition) is 2. The number of amides is 1. The Hall–Kier alpha value is -4.07. The average molecular weight is 460 g/mol. The summed E-state index contributed by atoms with van der Waals surface area (Å²) in [5, 5.41) is 2.82. The standard InChI is InChI=1S/C26H24N2O6/c1-3-33-24(30)22-23(27)34-20-13-15(14-8-10-16(32-2)11-9-14)12-19(29)21(20)26(22)17-6-4-5-7-18(17)28-25(26)31/h4-11,15H,3,12-13,27H2,1-2H3,(H,28,31)/t15-,26-/m1/s1. The summed E-state index contributed by atoms with van der Waals surface area (Å²) in [5.41, 5.74) is 6.48. The van der Waals surface area contributed by atoms with E-state index in [4.69, 9.17) is 19.9 Å². The molecule has 0 radical (unpaired) electrons. The molecule has 1 amide bonds. The van der Waals surface area contributed by atoms with Gasteiger partial charge in [-0.3, -0.25) is 9.59 Å². The van der Waals surface area contributed by atoms with Gasteiger partial charge in [0.25, 0.3) is 0 Å². The molecule has 2 heterocycles. The largest absolute Gasteiger partial charge is 0.497 e. The Balaban J connectivity index is 1.68. The Kier molecular flexibility index (Phi) is 5.16. The van der Waals surface area contributed by atoms with E-state index in [1.165, 1.54) is 0 Å². The van der Waals surface area contributed by atoms with Crippen LogP contribution in [0.2, 0.25) is 0 Å². The lowest BCUT2D eigenvalue weighted by Gasteiger charge is -2.40. The monoisotopic (exact) mass is 460 g/mol. The van der Waals surface area contributed by atoms with Gasteiger partial charge in [-0.05, 0) is 36.6 Å². The van der Waals surface area contributed by atoms with Gasteiger partial charge in [-0.1, -0.05) is 30.3 Å². The molecule has 2 aromatic rings. The lowest BCUT2D eigenvalue weighted by Crippen LogP contribution is -2.49. The third-order valence-corrected chi connectivity index (χ3v) is 6.64. The Morgan fingerprint density at radius 1 is 1.15 bits per heavy atom. The molecule has 1 aliphatic carbocycles. The van der Waals surface area contributed by atoms with Gasteiger partial charge < -0.3 is 25.3 Å². The number of ketones is 1. The van der Waals surface area contributed by atoms with Crippen molar-refractivity contribution < 1.29 is 28.6 Å². The molecule has 2 aromatic carbocycles. The van der Waals surface area contributed by atoms with Crippen molar-refractivity contribution in [3.8, 4) is 5.75 Å². The number of ether oxygens (including phenoxy) is 3. The maximum absolute atomic E-state index is 13.7. The van der Waals surface area contributed by atoms with Gasteiger partial charge in [0.05, 0.1) is 19.3 Å². The quantitative estimate of drug-likeness (QED) is 0.674. The number of rotatable bonds is 4. The molecule has 3 aliphatic rings. The first-order chi connectivity index (χ1) is 16.4. The molecular weight excluding hydrogens is 436 g/mol. The number of methoxy groups -OCH3 is 1. The fourth-order valence-corrected chi connectivity index (χ4v) is 5.21. The minimum absolute atomic E-state index is 0.0777. The first-order valence-electron chi connectivity index (χ1n) is 11.1. The normalized spacial score (nSPS) is 23.3. The van der Waals surface area contributed by atoms with Crippen molar-refractivity contribution in [2.45, 2.75) is 31.1 Å². The zero-order valence-corrected chi connectivity index (χ0v) is 18.8. The summed E-state index contributed by atoms with van der Waals surface area (Å²) in [7, 11) is 1.59. The van der Waals surface area contributed by atoms with E-state index in [0.29, 0.717) is 29.2 Å². The minimum Gasteiger partial charge on any atom is -0.497 e. The van der Waals surface area contributed by atoms with Crippen LogP contribution >= 0.6 is 0 Å². The van der Waals surface area contributed by atoms with E-state index < -0.39 is 17.3 Å². The van der Waals surface area contributed by atoms with E-state index >= 15 is 0 Å². The molecule has 0 aromatic heterocycles. The second-order valence-corrected chi connectivity index (χ2v) is 8.41. The minimum atomic E-state index is -1.72. The third-order valence-electron chi connectivity index (χ3n) is 6.64. The van der Waals surface area contributed by atoms with Gasteiger partial charge in [-0.15, -0.1) is 0 Å². The van der Waals surface area contributed by atoms with Crippen LogP contribution in [0.4, 0.5) is 5.69 Å². The van der Waals surface area contributed by atoms with Crippen LogP contribution in [0.15, 0.2) is 71.3 Å². The van der Waals surface area contributed by atoms with E-state index in [-0.39, 0.29) is 41.8 Å². The number of esters is 1. The van der Waals surface area contributed by atoms with E-state index in [9.17, 15) is 14.4 Å². The van der Waals surface area contributed by atoms with Gasteiger partial charge in [-0.2, -0.15) is 0 Å². The van der Waals surface area contributed by atoms with E-state index in [0.717, 1.165) is 5.56 Å². The second kappa shape index (κ2) is 8.06. The highest BCUT2D eigenvalue weighted by atomic mass is 16.5. The van der Waals surface area contributed by atoms with E-state index in [1.807, 2.05) is 24.3 Å². The number of carbonyl (C=O) groups excluding carboxylic acids is 3. The maximum atomic E-state index is 13.7. The zero-order valence-electron chi connectivity index (χ0n) is 18.8. The number of benzene rings is 2. The molecule has 0 bridgehead atoms. The number of para-hydroxylation sites is 1. The van der Waals surface area contributed by atoms with Crippen LogP contribution in [-0.4, -0.2) is 31.4 Å².